The van der Waals surface area contributed by atoms with Gasteiger partial charge in [0.05, 0.1) is 96.0 Å². The summed E-state index contributed by atoms with van der Waals surface area (Å²) < 4.78 is 70.1. The molecule has 0 radical (unpaired) electrons. The largest absolute Gasteiger partial charge is 0.396 e. The zero-order chi connectivity index (χ0) is 85.3. The summed E-state index contributed by atoms with van der Waals surface area (Å²) in [5, 5.41) is 95.9. The van der Waals surface area contributed by atoms with Crippen LogP contribution in [-0.2, 0) is 89.9 Å². The van der Waals surface area contributed by atoms with Gasteiger partial charge in [0, 0.05) is 166 Å². The van der Waals surface area contributed by atoms with Crippen LogP contribution in [0.25, 0.3) is 0 Å². The highest BCUT2D eigenvalue weighted by molar-refractivity contribution is 7.55. The number of hydrogen-bond donors (Lipinski definition) is 11. The van der Waals surface area contributed by atoms with Gasteiger partial charge in [-0.3, -0.25) is 42.9 Å². The molecule has 3 aliphatic heterocycles. The van der Waals surface area contributed by atoms with E-state index in [1.807, 2.05) is 11.8 Å². The zero-order valence-electron chi connectivity index (χ0n) is 70.5. The second-order valence-electron chi connectivity index (χ2n) is 33.1. The number of aliphatic hydroxyl groups excluding tert-OH is 9. The Morgan fingerprint density at radius 1 is 0.440 bits per heavy atom. The maximum absolute atomic E-state index is 14.2. The Morgan fingerprint density at radius 2 is 0.828 bits per heavy atom. The van der Waals surface area contributed by atoms with Gasteiger partial charge in [0.15, 0.2) is 20.2 Å². The molecule has 11 N–H and O–H groups in total. The molecule has 4 aliphatic rings. The van der Waals surface area contributed by atoms with Crippen LogP contribution < -0.4 is 10.6 Å². The molecule has 1 saturated carbocycles. The number of nitrogens with zero attached hydrogens (tertiary/aromatic N) is 1. The van der Waals surface area contributed by atoms with E-state index in [2.05, 4.69) is 24.2 Å². The average Bonchev–Trinajstić information content (AvgIpc) is 0.970. The molecular formula is C84H149N3O28P-. The van der Waals surface area contributed by atoms with Gasteiger partial charge in [-0.25, -0.2) is 6.66 Å². The highest BCUT2D eigenvalue weighted by Gasteiger charge is 2.45. The summed E-state index contributed by atoms with van der Waals surface area (Å²) in [6.45, 7) is 11.7. The number of aliphatic hydroxyl groups is 9. The van der Waals surface area contributed by atoms with Crippen LogP contribution in [0.3, 0.4) is 0 Å². The number of ketones is 5. The number of Topliss-reactive ketones (excluding diaryl/α,β-unsaturated/α-hetero) is 5. The SMILES string of the molecule is [CH2-]P(=O)(OC)OC[C@@H]1C[C@@H](C)CN1C(=O)CCCCCCCCCCC(=O)CC(COCCC(=O)CCCCCC(=O)CCCCOC1CC(CO)C(O)C(O)C1C)(COCCC(=O)CCCCCC(=O)CCCCOC1OC(CO)C(O)C(O)C1C)COCCC(=O)NCCCNC(=O)CCCCOC1OC(CO)C(O)C(O)C1C. The smallest absolute Gasteiger partial charge is 0.222 e. The van der Waals surface area contributed by atoms with Crippen LogP contribution in [0.5, 0.6) is 0 Å². The molecule has 0 bridgehead atoms. The molecule has 32 heteroatoms. The Balaban J connectivity index is 1.28. The quantitative estimate of drug-likeness (QED) is 0.0163. The van der Waals surface area contributed by atoms with E-state index in [9.17, 15) is 88.9 Å². The molecule has 0 aromatic carbocycles. The summed E-state index contributed by atoms with van der Waals surface area (Å²) in [4.78, 5) is 107. The zero-order valence-corrected chi connectivity index (χ0v) is 71.4. The number of likely N-dealkylation sites (tertiary alicyclic amines) is 1. The van der Waals surface area contributed by atoms with Crippen molar-refractivity contribution in [2.45, 2.75) is 332 Å². The van der Waals surface area contributed by atoms with Crippen LogP contribution in [0, 0.1) is 41.7 Å². The summed E-state index contributed by atoms with van der Waals surface area (Å²) in [6.07, 6.45) is 8.50. The summed E-state index contributed by atoms with van der Waals surface area (Å²) in [7, 11) is -2.14. The molecule has 3 amide bonds. The third-order valence-corrected chi connectivity index (χ3v) is 24.0. The predicted octanol–water partition coefficient (Wildman–Crippen LogP) is 7.19. The first-order valence-corrected chi connectivity index (χ1v) is 45.2. The van der Waals surface area contributed by atoms with Crippen LogP contribution in [0.2, 0.25) is 0 Å². The monoisotopic (exact) mass is 1680 g/mol. The molecule has 0 aromatic rings. The second-order valence-corrected chi connectivity index (χ2v) is 34.9. The molecule has 19 atom stereocenters. The number of unbranched alkanes of at least 4 members (excludes halogenated alkanes) is 14. The fourth-order valence-corrected chi connectivity index (χ4v) is 15.8. The van der Waals surface area contributed by atoms with E-state index in [1.54, 1.807) is 13.8 Å². The van der Waals surface area contributed by atoms with Crippen molar-refractivity contribution in [2.75, 3.05) is 113 Å². The third kappa shape index (κ3) is 41.9. The summed E-state index contributed by atoms with van der Waals surface area (Å²) in [5.74, 6) is -1.77. The van der Waals surface area contributed by atoms with E-state index >= 15 is 0 Å². The summed E-state index contributed by atoms with van der Waals surface area (Å²) >= 11 is 0. The van der Waals surface area contributed by atoms with E-state index in [0.29, 0.717) is 160 Å². The summed E-state index contributed by atoms with van der Waals surface area (Å²) in [5.41, 5.74) is -1.08. The topological polar surface area (TPSA) is 455 Å². The minimum atomic E-state index is -3.42. The molecular weight excluding hydrogens is 1530 g/mol. The van der Waals surface area contributed by atoms with Gasteiger partial charge in [0.2, 0.25) is 17.7 Å². The van der Waals surface area contributed by atoms with Gasteiger partial charge in [-0.15, -0.1) is 0 Å². The third-order valence-electron chi connectivity index (χ3n) is 22.9. The van der Waals surface area contributed by atoms with Crippen LogP contribution in [0.4, 0.5) is 0 Å². The van der Waals surface area contributed by atoms with Gasteiger partial charge >= 0.3 is 0 Å². The van der Waals surface area contributed by atoms with Crippen molar-refractivity contribution in [1.82, 2.24) is 15.5 Å². The molecule has 4 fully saturated rings. The fourth-order valence-electron chi connectivity index (χ4n) is 15.3. The van der Waals surface area contributed by atoms with Crippen LogP contribution >= 0.6 is 7.60 Å². The molecule has 0 aromatic heterocycles. The maximum Gasteiger partial charge on any atom is 0.222 e. The summed E-state index contributed by atoms with van der Waals surface area (Å²) in [6, 6.07) is -0.175. The van der Waals surface area contributed by atoms with Gasteiger partial charge in [-0.2, -0.15) is 0 Å². The number of carbonyl (C=O) groups is 8. The van der Waals surface area contributed by atoms with Crippen molar-refractivity contribution in [3.8, 4) is 0 Å². The number of rotatable bonds is 69. The van der Waals surface area contributed by atoms with Crippen molar-refractivity contribution in [3.63, 3.8) is 0 Å². The molecule has 31 nitrogen and oxygen atoms in total. The van der Waals surface area contributed by atoms with Crippen LogP contribution in [0.15, 0.2) is 0 Å². The normalized spacial score (nSPS) is 26.6. The Labute approximate surface area is 689 Å². The number of amides is 3. The lowest BCUT2D eigenvalue weighted by molar-refractivity contribution is -0.282. The van der Waals surface area contributed by atoms with Crippen molar-refractivity contribution < 1.29 is 136 Å². The van der Waals surface area contributed by atoms with Crippen LogP contribution in [-0.4, -0.2) is 284 Å². The fraction of sp³-hybridized carbons (Fsp3) is 0.893. The number of ether oxygens (including phenoxy) is 8. The van der Waals surface area contributed by atoms with Gasteiger partial charge < -0.3 is 108 Å². The van der Waals surface area contributed by atoms with Crippen molar-refractivity contribution in [1.29, 1.82) is 0 Å². The van der Waals surface area contributed by atoms with Gasteiger partial charge in [-0.05, 0) is 102 Å². The second kappa shape index (κ2) is 59.9. The first-order valence-electron chi connectivity index (χ1n) is 43.4. The van der Waals surface area contributed by atoms with E-state index in [4.69, 9.17) is 46.9 Å². The molecule has 674 valence electrons. The van der Waals surface area contributed by atoms with E-state index in [0.717, 1.165) is 51.4 Å². The minimum absolute atomic E-state index is 0.0108. The van der Waals surface area contributed by atoms with Gasteiger partial charge in [-0.1, -0.05) is 79.1 Å². The van der Waals surface area contributed by atoms with Gasteiger partial charge in [0.1, 0.15) is 53.3 Å². The predicted molar refractivity (Wildman–Crippen MR) is 430 cm³/mol. The molecule has 3 saturated heterocycles. The molecule has 116 heavy (non-hydrogen) atoms. The molecule has 1 aliphatic carbocycles. The lowest BCUT2D eigenvalue weighted by Crippen LogP contribution is -2.55. The van der Waals surface area contributed by atoms with Crippen molar-refractivity contribution >= 4 is 54.2 Å². The lowest BCUT2D eigenvalue weighted by Gasteiger charge is -2.40. The molecule has 4 rings (SSSR count). The van der Waals surface area contributed by atoms with E-state index in [-0.39, 0.29) is 182 Å². The highest BCUT2D eigenvalue weighted by atomic mass is 31.2. The van der Waals surface area contributed by atoms with E-state index < -0.39 is 105 Å². The lowest BCUT2D eigenvalue weighted by atomic mass is 9.77. The molecule has 0 spiro atoms. The first-order chi connectivity index (χ1) is 55.6. The standard InChI is InChI=1S/C84H149N3O28P/c1-59-48-64(55-113-116(6,105)106-5)87(51-59)75(98)36-20-12-10-8-7-9-11-15-34-69(95)50-84(56-107-45-37-67(93)30-18-13-16-28-65(91)32-21-24-42-110-70-49-63(52-88)79(102)76(99)60(70)2,57-108-46-38-68(94)31-19-14-17-29-66(92)33-22-25-43-111-82-61(3)77(100)80(103)71(53-89)114-82)58-109-47-39-74(97)86-41-27-40-85-73(96)35-23-26-44-112-83-62(4)78(101)81(104)72(54-90)115-83/h59-64,70-72,76-83,88-90,99-104H,6-58H2,1-5H3,(H,85,96)(H,86,97)/q-1/t59-,60?,61?,62?,63?,64+,70?,71?,72?,76?,77?,78?,79?,80?,81?,82?,83?,84?,116?/m1/s1. The first kappa shape index (κ1) is 105. The van der Waals surface area contributed by atoms with Crippen molar-refractivity contribution in [2.24, 2.45) is 35.0 Å². The van der Waals surface area contributed by atoms with Gasteiger partial charge in [0.25, 0.3) is 0 Å². The minimum Gasteiger partial charge on any atom is -0.396 e. The Kier molecular flexibility index (Phi) is 54.0. The highest BCUT2D eigenvalue weighted by Crippen LogP contribution is 2.46. The Morgan fingerprint density at radius 3 is 1.28 bits per heavy atom. The average molecular weight is 1680 g/mol. The molecule has 3 heterocycles. The molecule has 17 unspecified atom stereocenters. The maximum atomic E-state index is 14.2. The number of carbonyl (C=O) groups excluding carboxylic acids is 8. The Bertz CT molecular complexity index is 2590. The Hall–Kier alpha value is -3.77. The number of hydrogen-bond acceptors (Lipinski definition) is 28. The number of nitrogens with one attached hydrogen (secondary N) is 2. The van der Waals surface area contributed by atoms with Crippen molar-refractivity contribution in [3.05, 3.63) is 6.66 Å². The van der Waals surface area contributed by atoms with E-state index in [1.165, 1.54) is 7.11 Å². The van der Waals surface area contributed by atoms with Crippen LogP contribution in [0.1, 0.15) is 259 Å².